The van der Waals surface area contributed by atoms with Gasteiger partial charge in [0.1, 0.15) is 5.82 Å². The number of halogens is 1. The van der Waals surface area contributed by atoms with Crippen molar-refractivity contribution in [2.24, 2.45) is 0 Å². The van der Waals surface area contributed by atoms with Crippen LogP contribution in [-0.2, 0) is 4.79 Å². The highest BCUT2D eigenvalue weighted by atomic mass is 32.2. The van der Waals surface area contributed by atoms with E-state index in [2.05, 4.69) is 10.3 Å². The molecular weight excluding hydrogens is 475 g/mol. The molecule has 4 rings (SSSR count). The van der Waals surface area contributed by atoms with E-state index in [0.717, 1.165) is 16.3 Å². The van der Waals surface area contributed by atoms with E-state index in [1.807, 2.05) is 0 Å². The van der Waals surface area contributed by atoms with Crippen LogP contribution in [0, 0.1) is 22.9 Å². The maximum absolute atomic E-state index is 14.6. The highest BCUT2D eigenvalue weighted by Gasteiger charge is 2.20. The van der Waals surface area contributed by atoms with Gasteiger partial charge >= 0.3 is 5.69 Å². The number of hydrogen-bond donors (Lipinski definition) is 1. The quantitative estimate of drug-likeness (QED) is 0.174. The molecule has 0 unspecified atom stereocenters. The Morgan fingerprint density at radius 2 is 1.91 bits per heavy atom. The van der Waals surface area contributed by atoms with Gasteiger partial charge in [0.05, 0.1) is 34.4 Å². The Bertz CT molecular complexity index is 1520. The van der Waals surface area contributed by atoms with Gasteiger partial charge in [-0.2, -0.15) is 0 Å². The second-order valence-corrected chi connectivity index (χ2v) is 8.38. The van der Waals surface area contributed by atoms with Crippen molar-refractivity contribution in [3.63, 3.8) is 0 Å². The molecule has 1 aromatic heterocycles. The Kier molecular flexibility index (Phi) is 6.78. The first-order valence-corrected chi connectivity index (χ1v) is 11.3. The standard InChI is InChI=1S/C24H19FN4O5S/c1-14-11-20(29(32)33)21(34-2)12-18(14)26-22(30)13-35-24-27-17-9-5-3-7-15(17)23(31)28(24)19-10-6-4-8-16(19)25/h3-12H,13H2,1-2H3,(H,26,30). The zero-order valence-electron chi connectivity index (χ0n) is 18.6. The van der Waals surface area contributed by atoms with E-state index in [1.165, 1.54) is 37.4 Å². The number of nitro groups is 1. The number of benzene rings is 3. The van der Waals surface area contributed by atoms with Gasteiger partial charge in [-0.05, 0) is 36.8 Å². The van der Waals surface area contributed by atoms with Crippen molar-refractivity contribution in [2.75, 3.05) is 18.2 Å². The summed E-state index contributed by atoms with van der Waals surface area (Å²) in [5, 5.41) is 14.3. The fraction of sp³-hybridized carbons (Fsp3) is 0.125. The lowest BCUT2D eigenvalue weighted by Crippen LogP contribution is -2.23. The van der Waals surface area contributed by atoms with Crippen LogP contribution in [0.25, 0.3) is 16.6 Å². The van der Waals surface area contributed by atoms with Crippen molar-refractivity contribution in [1.29, 1.82) is 0 Å². The smallest absolute Gasteiger partial charge is 0.311 e. The molecule has 0 saturated carbocycles. The molecule has 35 heavy (non-hydrogen) atoms. The zero-order valence-corrected chi connectivity index (χ0v) is 19.5. The number of thioether (sulfide) groups is 1. The number of fused-ring (bicyclic) bond motifs is 1. The molecule has 0 atom stereocenters. The Morgan fingerprint density at radius 1 is 1.20 bits per heavy atom. The van der Waals surface area contributed by atoms with Crippen molar-refractivity contribution in [2.45, 2.75) is 12.1 Å². The third-order valence-corrected chi connectivity index (χ3v) is 6.11. The van der Waals surface area contributed by atoms with Crippen LogP contribution in [0.2, 0.25) is 0 Å². The summed E-state index contributed by atoms with van der Waals surface area (Å²) in [6.45, 7) is 1.62. The minimum atomic E-state index is -0.605. The van der Waals surface area contributed by atoms with E-state index < -0.39 is 22.2 Å². The normalized spacial score (nSPS) is 10.8. The van der Waals surface area contributed by atoms with E-state index in [0.29, 0.717) is 22.2 Å². The first kappa shape index (κ1) is 23.9. The van der Waals surface area contributed by atoms with Gasteiger partial charge < -0.3 is 10.1 Å². The molecule has 178 valence electrons. The van der Waals surface area contributed by atoms with Crippen LogP contribution in [-0.4, -0.2) is 33.2 Å². The summed E-state index contributed by atoms with van der Waals surface area (Å²) in [7, 11) is 1.30. The number of hydrogen-bond acceptors (Lipinski definition) is 7. The number of carbonyl (C=O) groups is 1. The number of para-hydroxylation sites is 2. The Balaban J connectivity index is 1.65. The first-order valence-electron chi connectivity index (χ1n) is 10.3. The number of amides is 1. The second kappa shape index (κ2) is 9.94. The molecule has 1 N–H and O–H groups in total. The number of ether oxygens (including phenoxy) is 1. The molecular formula is C24H19FN4O5S. The number of carbonyl (C=O) groups excluding carboxylic acids is 1. The van der Waals surface area contributed by atoms with Gasteiger partial charge in [-0.15, -0.1) is 0 Å². The van der Waals surface area contributed by atoms with Crippen molar-refractivity contribution < 1.29 is 18.8 Å². The van der Waals surface area contributed by atoms with Crippen molar-refractivity contribution in [3.05, 3.63) is 92.5 Å². The van der Waals surface area contributed by atoms with Gasteiger partial charge in [-0.25, -0.2) is 9.37 Å². The molecule has 0 aliphatic carbocycles. The number of nitrogens with zero attached hydrogens (tertiary/aromatic N) is 3. The average molecular weight is 495 g/mol. The maximum atomic E-state index is 14.6. The molecule has 4 aromatic rings. The highest BCUT2D eigenvalue weighted by molar-refractivity contribution is 7.99. The van der Waals surface area contributed by atoms with Gasteiger partial charge in [0.15, 0.2) is 10.9 Å². The molecule has 11 heteroatoms. The number of aromatic nitrogens is 2. The third kappa shape index (κ3) is 4.85. The van der Waals surface area contributed by atoms with Crippen molar-refractivity contribution in [1.82, 2.24) is 9.55 Å². The van der Waals surface area contributed by atoms with Crippen LogP contribution in [0.1, 0.15) is 5.56 Å². The van der Waals surface area contributed by atoms with Gasteiger partial charge in [0.25, 0.3) is 5.56 Å². The number of nitro benzene ring substituents is 1. The van der Waals surface area contributed by atoms with Crippen LogP contribution < -0.4 is 15.6 Å². The fourth-order valence-electron chi connectivity index (χ4n) is 3.48. The van der Waals surface area contributed by atoms with E-state index in [9.17, 15) is 24.1 Å². The second-order valence-electron chi connectivity index (χ2n) is 7.44. The molecule has 0 spiro atoms. The van der Waals surface area contributed by atoms with Gasteiger partial charge in [-0.3, -0.25) is 24.3 Å². The SMILES string of the molecule is COc1cc(NC(=O)CSc2nc3ccccc3c(=O)n2-c2ccccc2F)c(C)cc1[N+](=O)[O-]. The largest absolute Gasteiger partial charge is 0.490 e. The van der Waals surface area contributed by atoms with Crippen LogP contribution in [0.3, 0.4) is 0 Å². The van der Waals surface area contributed by atoms with Crippen LogP contribution in [0.5, 0.6) is 5.75 Å². The number of aryl methyl sites for hydroxylation is 1. The van der Waals surface area contributed by atoms with E-state index in [-0.39, 0.29) is 28.0 Å². The lowest BCUT2D eigenvalue weighted by atomic mass is 10.1. The topological polar surface area (TPSA) is 116 Å². The maximum Gasteiger partial charge on any atom is 0.311 e. The molecule has 0 bridgehead atoms. The minimum absolute atomic E-state index is 0.00754. The van der Waals surface area contributed by atoms with Crippen LogP contribution in [0.4, 0.5) is 15.8 Å². The zero-order chi connectivity index (χ0) is 25.1. The summed E-state index contributed by atoms with van der Waals surface area (Å²) in [6, 6.07) is 15.2. The van der Waals surface area contributed by atoms with Crippen LogP contribution >= 0.6 is 11.8 Å². The van der Waals surface area contributed by atoms with E-state index in [1.54, 1.807) is 37.3 Å². The highest BCUT2D eigenvalue weighted by Crippen LogP contribution is 2.33. The first-order chi connectivity index (χ1) is 16.8. The number of anilines is 1. The predicted molar refractivity (Wildman–Crippen MR) is 131 cm³/mol. The van der Waals surface area contributed by atoms with Crippen molar-refractivity contribution in [3.8, 4) is 11.4 Å². The monoisotopic (exact) mass is 494 g/mol. The molecule has 0 radical (unpaired) electrons. The molecule has 0 saturated heterocycles. The van der Waals surface area contributed by atoms with E-state index in [4.69, 9.17) is 4.74 Å². The lowest BCUT2D eigenvalue weighted by Gasteiger charge is -2.14. The lowest BCUT2D eigenvalue weighted by molar-refractivity contribution is -0.385. The van der Waals surface area contributed by atoms with Gasteiger partial charge in [0, 0.05) is 17.8 Å². The Morgan fingerprint density at radius 3 is 2.63 bits per heavy atom. The van der Waals surface area contributed by atoms with Gasteiger partial charge in [-0.1, -0.05) is 36.0 Å². The predicted octanol–water partition coefficient (Wildman–Crippen LogP) is 4.48. The average Bonchev–Trinajstić information content (AvgIpc) is 2.84. The Labute approximate surface area is 202 Å². The molecule has 0 aliphatic rings. The molecule has 9 nitrogen and oxygen atoms in total. The third-order valence-electron chi connectivity index (χ3n) is 5.17. The number of methoxy groups -OCH3 is 1. The number of rotatable bonds is 7. The molecule has 3 aromatic carbocycles. The van der Waals surface area contributed by atoms with Crippen LogP contribution in [0.15, 0.2) is 70.6 Å². The summed E-state index contributed by atoms with van der Waals surface area (Å²) >= 11 is 0.964. The summed E-state index contributed by atoms with van der Waals surface area (Å²) in [5.41, 5.74) is 0.587. The summed E-state index contributed by atoms with van der Waals surface area (Å²) < 4.78 is 20.8. The minimum Gasteiger partial charge on any atom is -0.490 e. The molecule has 0 fully saturated rings. The number of nitrogens with one attached hydrogen (secondary N) is 1. The summed E-state index contributed by atoms with van der Waals surface area (Å²) in [6.07, 6.45) is 0. The van der Waals surface area contributed by atoms with Gasteiger partial charge in [0.2, 0.25) is 5.91 Å². The van der Waals surface area contributed by atoms with Crippen molar-refractivity contribution >= 4 is 39.9 Å². The molecule has 1 amide bonds. The molecule has 1 heterocycles. The molecule has 0 aliphatic heterocycles. The van der Waals surface area contributed by atoms with E-state index >= 15 is 0 Å². The summed E-state index contributed by atoms with van der Waals surface area (Å²) in [5.74, 6) is -1.20. The fourth-order valence-corrected chi connectivity index (χ4v) is 4.29. The Hall–Kier alpha value is -4.25. The summed E-state index contributed by atoms with van der Waals surface area (Å²) in [4.78, 5) is 41.1.